The van der Waals surface area contributed by atoms with Crippen LogP contribution in [0.5, 0.6) is 0 Å². The maximum atomic E-state index is 13.2. The summed E-state index contributed by atoms with van der Waals surface area (Å²) in [6, 6.07) is 1.08. The molecule has 8 heteroatoms. The minimum atomic E-state index is -1.50. The largest absolute Gasteiger partial charge is 0.478 e. The molecule has 0 saturated carbocycles. The summed E-state index contributed by atoms with van der Waals surface area (Å²) in [5, 5.41) is 11.1. The van der Waals surface area contributed by atoms with Crippen LogP contribution in [0.25, 0.3) is 0 Å². The van der Waals surface area contributed by atoms with Gasteiger partial charge < -0.3 is 14.8 Å². The first-order chi connectivity index (χ1) is 9.79. The van der Waals surface area contributed by atoms with Gasteiger partial charge in [0.05, 0.1) is 16.9 Å². The fraction of sp³-hybridized carbons (Fsp3) is 0.154. The van der Waals surface area contributed by atoms with Crippen molar-refractivity contribution in [2.24, 2.45) is 0 Å². The first-order valence-electron chi connectivity index (χ1n) is 5.77. The Morgan fingerprint density at radius 3 is 2.38 bits per heavy atom. The first kappa shape index (κ1) is 14.6. The number of halogens is 2. The van der Waals surface area contributed by atoms with Gasteiger partial charge in [0.1, 0.15) is 0 Å². The number of amides is 1. The van der Waals surface area contributed by atoms with E-state index in [2.05, 4.69) is 10.3 Å². The number of aromatic carboxylic acids is 1. The van der Waals surface area contributed by atoms with Crippen LogP contribution in [0.2, 0.25) is 0 Å². The summed E-state index contributed by atoms with van der Waals surface area (Å²) in [7, 11) is 0. The van der Waals surface area contributed by atoms with Gasteiger partial charge in [-0.2, -0.15) is 0 Å². The number of rotatable bonds is 3. The summed E-state index contributed by atoms with van der Waals surface area (Å²) in [4.78, 5) is 26.8. The van der Waals surface area contributed by atoms with Crippen LogP contribution in [0, 0.1) is 25.5 Å². The number of aryl methyl sites for hydroxylation is 2. The highest BCUT2D eigenvalue weighted by atomic mass is 19.2. The van der Waals surface area contributed by atoms with Crippen LogP contribution in [-0.2, 0) is 0 Å². The zero-order chi connectivity index (χ0) is 15.7. The van der Waals surface area contributed by atoms with Crippen LogP contribution in [0.4, 0.5) is 14.5 Å². The van der Waals surface area contributed by atoms with Gasteiger partial charge in [-0.15, -0.1) is 0 Å². The average molecular weight is 296 g/mol. The summed E-state index contributed by atoms with van der Waals surface area (Å²) in [6.45, 7) is 3.05. The van der Waals surface area contributed by atoms with Crippen LogP contribution >= 0.6 is 0 Å². The second kappa shape index (κ2) is 5.31. The van der Waals surface area contributed by atoms with Crippen LogP contribution in [0.15, 0.2) is 16.5 Å². The molecule has 1 aromatic heterocycles. The summed E-state index contributed by atoms with van der Waals surface area (Å²) in [5.41, 5.74) is -0.652. The topological polar surface area (TPSA) is 92.4 Å². The van der Waals surface area contributed by atoms with E-state index in [1.807, 2.05) is 0 Å². The lowest BCUT2D eigenvalue weighted by molar-refractivity contribution is 0.0697. The number of aromatic nitrogens is 1. The predicted octanol–water partition coefficient (Wildman–Crippen LogP) is 2.52. The van der Waals surface area contributed by atoms with Gasteiger partial charge in [-0.05, 0) is 13.0 Å². The molecule has 0 aliphatic carbocycles. The number of carbonyl (C=O) groups is 2. The normalized spacial score (nSPS) is 10.5. The van der Waals surface area contributed by atoms with E-state index in [4.69, 9.17) is 9.52 Å². The van der Waals surface area contributed by atoms with Crippen molar-refractivity contribution in [3.63, 3.8) is 0 Å². The molecule has 0 radical (unpaired) electrons. The number of hydrogen-bond acceptors (Lipinski definition) is 4. The molecule has 1 amide bonds. The predicted molar refractivity (Wildman–Crippen MR) is 67.2 cm³/mol. The van der Waals surface area contributed by atoms with E-state index in [0.29, 0.717) is 17.8 Å². The molecule has 0 unspecified atom stereocenters. The summed E-state index contributed by atoms with van der Waals surface area (Å²) < 4.78 is 31.3. The Balaban J connectivity index is 2.39. The molecule has 110 valence electrons. The minimum absolute atomic E-state index is 0.131. The van der Waals surface area contributed by atoms with Crippen molar-refractivity contribution >= 4 is 17.6 Å². The number of oxazole rings is 1. The molecule has 2 N–H and O–H groups in total. The third-order valence-electron chi connectivity index (χ3n) is 2.65. The lowest BCUT2D eigenvalue weighted by atomic mass is 10.1. The summed E-state index contributed by atoms with van der Waals surface area (Å²) >= 11 is 0. The SMILES string of the molecule is Cc1nc(C)c(C(=O)Nc2cc(F)c(F)cc2C(=O)O)o1. The molecule has 6 nitrogen and oxygen atoms in total. The molecule has 0 aliphatic heterocycles. The van der Waals surface area contributed by atoms with Crippen LogP contribution < -0.4 is 5.32 Å². The Morgan fingerprint density at radius 1 is 1.24 bits per heavy atom. The van der Waals surface area contributed by atoms with E-state index in [9.17, 15) is 18.4 Å². The van der Waals surface area contributed by atoms with Crippen molar-refractivity contribution in [3.05, 3.63) is 46.7 Å². The standard InChI is InChI=1S/C13H10F2N2O4/c1-5-11(21-6(2)16-5)12(18)17-10-4-9(15)8(14)3-7(10)13(19)20/h3-4H,1-2H3,(H,17,18)(H,19,20). The number of carboxylic acids is 1. The van der Waals surface area contributed by atoms with Crippen molar-refractivity contribution in [3.8, 4) is 0 Å². The molecule has 0 fully saturated rings. The first-order valence-corrected chi connectivity index (χ1v) is 5.77. The van der Waals surface area contributed by atoms with Gasteiger partial charge in [-0.3, -0.25) is 4.79 Å². The Morgan fingerprint density at radius 2 is 1.86 bits per heavy atom. The second-order valence-electron chi connectivity index (χ2n) is 4.22. The molecule has 0 spiro atoms. The monoisotopic (exact) mass is 296 g/mol. The lowest BCUT2D eigenvalue weighted by Gasteiger charge is -2.08. The van der Waals surface area contributed by atoms with Gasteiger partial charge in [0.15, 0.2) is 17.5 Å². The third kappa shape index (κ3) is 2.88. The lowest BCUT2D eigenvalue weighted by Crippen LogP contribution is -2.16. The van der Waals surface area contributed by atoms with Crippen molar-refractivity contribution in [1.82, 2.24) is 4.98 Å². The van der Waals surface area contributed by atoms with Crippen LogP contribution in [0.1, 0.15) is 32.5 Å². The van der Waals surface area contributed by atoms with Gasteiger partial charge in [0.2, 0.25) is 5.76 Å². The van der Waals surface area contributed by atoms with E-state index in [0.717, 1.165) is 0 Å². The van der Waals surface area contributed by atoms with Crippen molar-refractivity contribution in [2.75, 3.05) is 5.32 Å². The molecule has 0 saturated heterocycles. The highest BCUT2D eigenvalue weighted by Crippen LogP contribution is 2.21. The highest BCUT2D eigenvalue weighted by molar-refractivity contribution is 6.06. The van der Waals surface area contributed by atoms with E-state index in [1.54, 1.807) is 0 Å². The second-order valence-corrected chi connectivity index (χ2v) is 4.22. The molecule has 1 heterocycles. The number of nitrogens with one attached hydrogen (secondary N) is 1. The van der Waals surface area contributed by atoms with Gasteiger partial charge in [-0.1, -0.05) is 0 Å². The van der Waals surface area contributed by atoms with Crippen LogP contribution in [0.3, 0.4) is 0 Å². The molecule has 1 aromatic carbocycles. The number of anilines is 1. The van der Waals surface area contributed by atoms with E-state index in [1.165, 1.54) is 13.8 Å². The number of carboxylic acid groups (broad SMARTS) is 1. The maximum Gasteiger partial charge on any atom is 0.337 e. The Bertz CT molecular complexity index is 740. The molecule has 0 bridgehead atoms. The molecule has 0 atom stereocenters. The fourth-order valence-electron chi connectivity index (χ4n) is 1.75. The molecule has 2 rings (SSSR count). The van der Waals surface area contributed by atoms with Crippen molar-refractivity contribution < 1.29 is 27.9 Å². The van der Waals surface area contributed by atoms with E-state index in [-0.39, 0.29) is 17.3 Å². The van der Waals surface area contributed by atoms with E-state index >= 15 is 0 Å². The fourth-order valence-corrected chi connectivity index (χ4v) is 1.75. The molecule has 2 aromatic rings. The zero-order valence-electron chi connectivity index (χ0n) is 11.0. The number of nitrogens with zero attached hydrogens (tertiary/aromatic N) is 1. The van der Waals surface area contributed by atoms with Gasteiger partial charge in [0, 0.05) is 13.0 Å². The number of benzene rings is 1. The van der Waals surface area contributed by atoms with E-state index < -0.39 is 29.1 Å². The minimum Gasteiger partial charge on any atom is -0.478 e. The Labute approximate surface area is 117 Å². The van der Waals surface area contributed by atoms with Gasteiger partial charge >= 0.3 is 5.97 Å². The number of carbonyl (C=O) groups excluding carboxylic acids is 1. The summed E-state index contributed by atoms with van der Waals surface area (Å²) in [6.07, 6.45) is 0. The van der Waals surface area contributed by atoms with Crippen molar-refractivity contribution in [1.29, 1.82) is 0 Å². The quantitative estimate of drug-likeness (QED) is 0.908. The maximum absolute atomic E-state index is 13.2. The van der Waals surface area contributed by atoms with Gasteiger partial charge in [-0.25, -0.2) is 18.6 Å². The smallest absolute Gasteiger partial charge is 0.337 e. The average Bonchev–Trinajstić information content (AvgIpc) is 2.72. The third-order valence-corrected chi connectivity index (χ3v) is 2.65. The molecule has 0 aliphatic rings. The van der Waals surface area contributed by atoms with Crippen LogP contribution in [-0.4, -0.2) is 22.0 Å². The zero-order valence-corrected chi connectivity index (χ0v) is 11.0. The summed E-state index contributed by atoms with van der Waals surface area (Å²) in [5.74, 6) is -4.79. The molecule has 21 heavy (non-hydrogen) atoms. The van der Waals surface area contributed by atoms with Gasteiger partial charge in [0.25, 0.3) is 5.91 Å². The number of hydrogen-bond donors (Lipinski definition) is 2. The highest BCUT2D eigenvalue weighted by Gasteiger charge is 2.21. The Kier molecular flexibility index (Phi) is 3.70. The molecular formula is C13H10F2N2O4. The Hall–Kier alpha value is -2.77. The molecular weight excluding hydrogens is 286 g/mol. The van der Waals surface area contributed by atoms with Crippen molar-refractivity contribution in [2.45, 2.75) is 13.8 Å².